The number of likely N-dealkylation sites (tertiary alicyclic amines) is 1. The van der Waals surface area contributed by atoms with Crippen molar-refractivity contribution in [1.29, 1.82) is 0 Å². The molecule has 0 radical (unpaired) electrons. The van der Waals surface area contributed by atoms with Crippen LogP contribution in [-0.2, 0) is 10.3 Å². The number of ether oxygens (including phenoxy) is 3. The number of nitrogens with zero attached hydrogens (tertiary/aromatic N) is 1. The van der Waals surface area contributed by atoms with Crippen LogP contribution in [0.15, 0.2) is 42.5 Å². The number of carbonyl (C=O) groups is 2. The molecule has 2 heterocycles. The van der Waals surface area contributed by atoms with Gasteiger partial charge in [0.25, 0.3) is 5.91 Å². The maximum Gasteiger partial charge on any atom is 0.339 e. The number of carbonyl (C=O) groups excluding carboxylic acids is 2. The van der Waals surface area contributed by atoms with E-state index < -0.39 is 5.60 Å². The van der Waals surface area contributed by atoms with Crippen LogP contribution >= 0.6 is 0 Å². The summed E-state index contributed by atoms with van der Waals surface area (Å²) < 4.78 is 16.3. The third kappa shape index (κ3) is 2.91. The van der Waals surface area contributed by atoms with Crippen LogP contribution in [0.1, 0.15) is 39.1 Å². The Bertz CT molecular complexity index is 887. The molecule has 27 heavy (non-hydrogen) atoms. The van der Waals surface area contributed by atoms with Crippen LogP contribution in [0.5, 0.6) is 11.5 Å². The van der Waals surface area contributed by atoms with Gasteiger partial charge in [0.1, 0.15) is 11.5 Å². The van der Waals surface area contributed by atoms with E-state index >= 15 is 0 Å². The number of benzene rings is 2. The lowest BCUT2D eigenvalue weighted by molar-refractivity contribution is -0.0442. The van der Waals surface area contributed by atoms with Crippen LogP contribution < -0.4 is 9.47 Å². The highest BCUT2D eigenvalue weighted by atomic mass is 16.6. The average molecular weight is 367 g/mol. The largest absolute Gasteiger partial charge is 0.497 e. The van der Waals surface area contributed by atoms with E-state index in [2.05, 4.69) is 0 Å². The maximum atomic E-state index is 13.1. The van der Waals surface area contributed by atoms with Crippen molar-refractivity contribution in [2.24, 2.45) is 0 Å². The summed E-state index contributed by atoms with van der Waals surface area (Å²) in [7, 11) is 3.10. The molecule has 0 N–H and O–H groups in total. The standard InChI is InChI=1S/C21H21NO5/c1-25-15-10-14(11-16(12-15)26-2)19(23)22-9-5-8-21(13-22)18-7-4-3-6-17(18)20(24)27-21/h3-4,6-7,10-12H,5,8-9,13H2,1-2H3. The van der Waals surface area contributed by atoms with Gasteiger partial charge in [-0.2, -0.15) is 0 Å². The van der Waals surface area contributed by atoms with Gasteiger partial charge < -0.3 is 19.1 Å². The second-order valence-corrected chi connectivity index (χ2v) is 6.86. The van der Waals surface area contributed by atoms with Gasteiger partial charge in [-0.05, 0) is 31.0 Å². The molecule has 4 rings (SSSR count). The minimum atomic E-state index is -0.759. The Morgan fingerprint density at radius 1 is 1.11 bits per heavy atom. The number of esters is 1. The van der Waals surface area contributed by atoms with Gasteiger partial charge in [-0.25, -0.2) is 4.79 Å². The fourth-order valence-electron chi connectivity index (χ4n) is 3.96. The zero-order valence-corrected chi connectivity index (χ0v) is 15.4. The van der Waals surface area contributed by atoms with E-state index in [1.165, 1.54) is 0 Å². The number of piperidine rings is 1. The highest BCUT2D eigenvalue weighted by Crippen LogP contribution is 2.43. The molecule has 0 saturated carbocycles. The number of methoxy groups -OCH3 is 2. The maximum absolute atomic E-state index is 13.1. The van der Waals surface area contributed by atoms with Crippen LogP contribution in [0.3, 0.4) is 0 Å². The number of rotatable bonds is 3. The van der Waals surface area contributed by atoms with E-state index in [0.29, 0.717) is 42.1 Å². The Balaban J connectivity index is 1.65. The molecule has 0 aliphatic carbocycles. The fraction of sp³-hybridized carbons (Fsp3) is 0.333. The van der Waals surface area contributed by atoms with E-state index in [4.69, 9.17) is 14.2 Å². The molecule has 2 aromatic rings. The van der Waals surface area contributed by atoms with Crippen molar-refractivity contribution in [3.05, 3.63) is 59.2 Å². The van der Waals surface area contributed by atoms with Crippen molar-refractivity contribution in [3.63, 3.8) is 0 Å². The van der Waals surface area contributed by atoms with E-state index in [0.717, 1.165) is 12.0 Å². The molecule has 140 valence electrons. The second-order valence-electron chi connectivity index (χ2n) is 6.86. The first-order valence-electron chi connectivity index (χ1n) is 8.91. The molecule has 1 amide bonds. The summed E-state index contributed by atoms with van der Waals surface area (Å²) in [4.78, 5) is 27.2. The average Bonchev–Trinajstić information content (AvgIpc) is 2.98. The van der Waals surface area contributed by atoms with Gasteiger partial charge in [0, 0.05) is 23.7 Å². The molecular weight excluding hydrogens is 346 g/mol. The normalized spacial score (nSPS) is 21.0. The summed E-state index contributed by atoms with van der Waals surface area (Å²) in [6.45, 7) is 0.952. The minimum Gasteiger partial charge on any atom is -0.497 e. The monoisotopic (exact) mass is 367 g/mol. The SMILES string of the molecule is COc1cc(OC)cc(C(=O)N2CCCC3(C2)OC(=O)c2ccccc23)c1. The number of hydrogen-bond acceptors (Lipinski definition) is 5. The van der Waals surface area contributed by atoms with Gasteiger partial charge in [-0.15, -0.1) is 0 Å². The zero-order chi connectivity index (χ0) is 19.0. The fourth-order valence-corrected chi connectivity index (χ4v) is 3.96. The van der Waals surface area contributed by atoms with Crippen molar-refractivity contribution in [3.8, 4) is 11.5 Å². The molecule has 6 heteroatoms. The van der Waals surface area contributed by atoms with Crippen LogP contribution in [0.4, 0.5) is 0 Å². The van der Waals surface area contributed by atoms with Gasteiger partial charge in [0.2, 0.25) is 0 Å². The number of hydrogen-bond donors (Lipinski definition) is 0. The van der Waals surface area contributed by atoms with E-state index in [9.17, 15) is 9.59 Å². The van der Waals surface area contributed by atoms with Gasteiger partial charge in [-0.1, -0.05) is 18.2 Å². The molecule has 1 spiro atoms. The van der Waals surface area contributed by atoms with Crippen molar-refractivity contribution in [2.45, 2.75) is 18.4 Å². The Morgan fingerprint density at radius 3 is 2.52 bits per heavy atom. The Morgan fingerprint density at radius 2 is 1.81 bits per heavy atom. The zero-order valence-electron chi connectivity index (χ0n) is 15.4. The van der Waals surface area contributed by atoms with Crippen LogP contribution in [0.2, 0.25) is 0 Å². The Labute approximate surface area is 157 Å². The third-order valence-corrected chi connectivity index (χ3v) is 5.27. The van der Waals surface area contributed by atoms with Crippen LogP contribution in [-0.4, -0.2) is 44.1 Å². The predicted octanol–water partition coefficient (Wildman–Crippen LogP) is 3.01. The first-order valence-corrected chi connectivity index (χ1v) is 8.91. The van der Waals surface area contributed by atoms with E-state index in [1.54, 1.807) is 43.4 Å². The molecule has 1 fully saturated rings. The number of amides is 1. The first kappa shape index (κ1) is 17.4. The van der Waals surface area contributed by atoms with Gasteiger partial charge in [-0.3, -0.25) is 4.79 Å². The molecule has 0 bridgehead atoms. The van der Waals surface area contributed by atoms with Crippen molar-refractivity contribution < 1.29 is 23.8 Å². The number of fused-ring (bicyclic) bond motifs is 2. The highest BCUT2D eigenvalue weighted by molar-refractivity contribution is 5.97. The topological polar surface area (TPSA) is 65.1 Å². The molecule has 0 aromatic heterocycles. The summed E-state index contributed by atoms with van der Waals surface area (Å²) >= 11 is 0. The molecule has 2 aliphatic heterocycles. The minimum absolute atomic E-state index is 0.133. The molecule has 1 saturated heterocycles. The molecule has 1 atom stereocenters. The lowest BCUT2D eigenvalue weighted by Crippen LogP contribution is -2.48. The Kier molecular flexibility index (Phi) is 4.26. The van der Waals surface area contributed by atoms with Crippen molar-refractivity contribution in [2.75, 3.05) is 27.3 Å². The lowest BCUT2D eigenvalue weighted by Gasteiger charge is -2.39. The summed E-state index contributed by atoms with van der Waals surface area (Å²) in [5.74, 6) is 0.666. The van der Waals surface area contributed by atoms with Crippen LogP contribution in [0, 0.1) is 0 Å². The third-order valence-electron chi connectivity index (χ3n) is 5.27. The molecule has 6 nitrogen and oxygen atoms in total. The highest BCUT2D eigenvalue weighted by Gasteiger charge is 2.48. The van der Waals surface area contributed by atoms with Gasteiger partial charge in [0.05, 0.1) is 26.3 Å². The molecule has 2 aliphatic rings. The van der Waals surface area contributed by atoms with Gasteiger partial charge >= 0.3 is 5.97 Å². The first-order chi connectivity index (χ1) is 13.1. The van der Waals surface area contributed by atoms with E-state index in [-0.39, 0.29) is 11.9 Å². The van der Waals surface area contributed by atoms with Crippen molar-refractivity contribution >= 4 is 11.9 Å². The smallest absolute Gasteiger partial charge is 0.339 e. The molecule has 2 aromatic carbocycles. The quantitative estimate of drug-likeness (QED) is 0.781. The van der Waals surface area contributed by atoms with Gasteiger partial charge in [0.15, 0.2) is 5.60 Å². The van der Waals surface area contributed by atoms with Crippen molar-refractivity contribution in [1.82, 2.24) is 4.90 Å². The summed E-state index contributed by atoms with van der Waals surface area (Å²) in [5.41, 5.74) is 1.19. The summed E-state index contributed by atoms with van der Waals surface area (Å²) in [5, 5.41) is 0. The Hall–Kier alpha value is -3.02. The molecule has 1 unspecified atom stereocenters. The lowest BCUT2D eigenvalue weighted by atomic mass is 9.85. The predicted molar refractivity (Wildman–Crippen MR) is 98.2 cm³/mol. The summed E-state index contributed by atoms with van der Waals surface area (Å²) in [6.07, 6.45) is 1.47. The summed E-state index contributed by atoms with van der Waals surface area (Å²) in [6, 6.07) is 12.5. The van der Waals surface area contributed by atoms with E-state index in [1.807, 2.05) is 18.2 Å². The second kappa shape index (κ2) is 6.61. The molecular formula is C21H21NO5. The van der Waals surface area contributed by atoms with Crippen LogP contribution in [0.25, 0.3) is 0 Å².